The van der Waals surface area contributed by atoms with Gasteiger partial charge in [0.05, 0.1) is 32.4 Å². The minimum atomic E-state index is -0.497. The molecule has 1 aromatic heterocycles. The van der Waals surface area contributed by atoms with E-state index in [1.807, 2.05) is 17.5 Å². The van der Waals surface area contributed by atoms with Crippen LogP contribution in [-0.2, 0) is 4.74 Å². The maximum atomic E-state index is 13.4. The average molecular weight is 428 g/mol. The van der Waals surface area contributed by atoms with Crippen LogP contribution >= 0.6 is 11.3 Å². The van der Waals surface area contributed by atoms with Gasteiger partial charge in [-0.1, -0.05) is 0 Å². The first-order valence-electron chi connectivity index (χ1n) is 9.33. The van der Waals surface area contributed by atoms with Crippen LogP contribution in [0.3, 0.4) is 0 Å². The van der Waals surface area contributed by atoms with Crippen molar-refractivity contribution in [3.05, 3.63) is 51.4 Å². The molecule has 1 amide bonds. The summed E-state index contributed by atoms with van der Waals surface area (Å²) in [7, 11) is 3.10. The molecule has 9 heteroatoms. The predicted octanol–water partition coefficient (Wildman–Crippen LogP) is 3.97. The van der Waals surface area contributed by atoms with Gasteiger partial charge < -0.3 is 19.1 Å². The second kappa shape index (κ2) is 8.29. The zero-order chi connectivity index (χ0) is 21.3. The fourth-order valence-corrected chi connectivity index (χ4v) is 4.66. The van der Waals surface area contributed by atoms with Crippen LogP contribution in [-0.4, -0.2) is 56.3 Å². The van der Waals surface area contributed by atoms with Gasteiger partial charge >= 0.3 is 0 Å². The number of ether oxygens (including phenoxy) is 3. The average Bonchev–Trinajstić information content (AvgIpc) is 3.22. The summed E-state index contributed by atoms with van der Waals surface area (Å²) in [4.78, 5) is 27.0. The molecule has 0 spiro atoms. The molecule has 4 rings (SSSR count). The number of nitrogens with zero attached hydrogens (tertiary/aromatic N) is 2. The number of hydrogen-bond donors (Lipinski definition) is 0. The third-order valence-electron chi connectivity index (χ3n) is 5.10. The van der Waals surface area contributed by atoms with Crippen molar-refractivity contribution in [2.45, 2.75) is 0 Å². The van der Waals surface area contributed by atoms with Gasteiger partial charge in [-0.05, 0) is 40.6 Å². The summed E-state index contributed by atoms with van der Waals surface area (Å²) in [6.45, 7) is 1.65. The first-order valence-corrected chi connectivity index (χ1v) is 10.2. The number of carbonyl (C=O) groups excluding carboxylic acids is 1. The van der Waals surface area contributed by atoms with Gasteiger partial charge in [0.2, 0.25) is 0 Å². The predicted molar refractivity (Wildman–Crippen MR) is 114 cm³/mol. The minimum Gasteiger partial charge on any atom is -0.493 e. The van der Waals surface area contributed by atoms with Crippen molar-refractivity contribution in [3.8, 4) is 21.9 Å². The summed E-state index contributed by atoms with van der Waals surface area (Å²) < 4.78 is 16.0. The molecule has 156 valence electrons. The van der Waals surface area contributed by atoms with E-state index in [-0.39, 0.29) is 17.2 Å². The van der Waals surface area contributed by atoms with Gasteiger partial charge in [-0.2, -0.15) is 0 Å². The second-order valence-corrected chi connectivity index (χ2v) is 7.60. The highest BCUT2D eigenvalue weighted by Crippen LogP contribution is 2.43. The van der Waals surface area contributed by atoms with E-state index in [1.54, 1.807) is 31.3 Å². The maximum Gasteiger partial charge on any atom is 0.282 e. The summed E-state index contributed by atoms with van der Waals surface area (Å²) >= 11 is 1.43. The summed E-state index contributed by atoms with van der Waals surface area (Å²) in [5.74, 6) is 0.775. The molecule has 0 radical (unpaired) electrons. The Morgan fingerprint density at radius 1 is 1.13 bits per heavy atom. The summed E-state index contributed by atoms with van der Waals surface area (Å²) in [5.41, 5.74) is 0.716. The molecule has 30 heavy (non-hydrogen) atoms. The van der Waals surface area contributed by atoms with Gasteiger partial charge in [0.25, 0.3) is 11.6 Å². The molecular weight excluding hydrogens is 408 g/mol. The Hall–Kier alpha value is -3.17. The molecule has 0 saturated carbocycles. The minimum absolute atomic E-state index is 0.116. The Morgan fingerprint density at radius 3 is 2.53 bits per heavy atom. The topological polar surface area (TPSA) is 91.1 Å². The van der Waals surface area contributed by atoms with E-state index in [2.05, 4.69) is 0 Å². The van der Waals surface area contributed by atoms with Gasteiger partial charge in [-0.3, -0.25) is 14.9 Å². The van der Waals surface area contributed by atoms with Crippen LogP contribution in [0.1, 0.15) is 10.4 Å². The number of benzene rings is 2. The van der Waals surface area contributed by atoms with E-state index in [0.717, 1.165) is 15.8 Å². The summed E-state index contributed by atoms with van der Waals surface area (Å²) in [5, 5.41) is 15.1. The lowest BCUT2D eigenvalue weighted by molar-refractivity contribution is -0.385. The lowest BCUT2D eigenvalue weighted by Crippen LogP contribution is -2.41. The van der Waals surface area contributed by atoms with E-state index in [1.165, 1.54) is 17.4 Å². The lowest BCUT2D eigenvalue weighted by atomic mass is 10.00. The first kappa shape index (κ1) is 20.1. The quantitative estimate of drug-likeness (QED) is 0.451. The third kappa shape index (κ3) is 3.46. The molecule has 1 aliphatic rings. The zero-order valence-corrected chi connectivity index (χ0v) is 17.4. The number of nitro groups is 1. The largest absolute Gasteiger partial charge is 0.493 e. The fraction of sp³-hybridized carbons (Fsp3) is 0.286. The SMILES string of the molecule is COc1ccc(-c2scc3ccc([N+](=O)[O-])c(C(=O)N4CCOCC4)c23)cc1OC. The second-order valence-electron chi connectivity index (χ2n) is 6.72. The Labute approximate surface area is 176 Å². The van der Waals surface area contributed by atoms with Crippen molar-refractivity contribution in [2.75, 3.05) is 40.5 Å². The standard InChI is InChI=1S/C21H20N2O6S/c1-27-16-6-4-13(11-17(16)28-2)20-18-14(12-30-20)3-5-15(23(25)26)19(18)21(24)22-7-9-29-10-8-22/h3-6,11-12H,7-10H2,1-2H3. The van der Waals surface area contributed by atoms with E-state index in [4.69, 9.17) is 14.2 Å². The zero-order valence-electron chi connectivity index (χ0n) is 16.5. The molecule has 0 N–H and O–H groups in total. The number of nitro benzene ring substituents is 1. The molecule has 2 heterocycles. The lowest BCUT2D eigenvalue weighted by Gasteiger charge is -2.27. The van der Waals surface area contributed by atoms with Crippen LogP contribution in [0.15, 0.2) is 35.7 Å². The number of morpholine rings is 1. The number of thiophene rings is 1. The summed E-state index contributed by atoms with van der Waals surface area (Å²) in [6, 6.07) is 8.53. The van der Waals surface area contributed by atoms with E-state index in [9.17, 15) is 14.9 Å². The monoisotopic (exact) mass is 428 g/mol. The Balaban J connectivity index is 1.93. The molecule has 1 fully saturated rings. The Kier molecular flexibility index (Phi) is 5.56. The van der Waals surface area contributed by atoms with Gasteiger partial charge in [-0.25, -0.2) is 0 Å². The van der Waals surface area contributed by atoms with Crippen molar-refractivity contribution in [2.24, 2.45) is 0 Å². The number of fused-ring (bicyclic) bond motifs is 1. The van der Waals surface area contributed by atoms with Crippen molar-refractivity contribution >= 4 is 33.7 Å². The third-order valence-corrected chi connectivity index (χ3v) is 6.15. The van der Waals surface area contributed by atoms with Crippen LogP contribution in [0.2, 0.25) is 0 Å². The van der Waals surface area contributed by atoms with Gasteiger partial charge in [0, 0.05) is 29.4 Å². The molecule has 3 aromatic rings. The van der Waals surface area contributed by atoms with Crippen molar-refractivity contribution in [1.82, 2.24) is 4.90 Å². The first-order chi connectivity index (χ1) is 14.5. The van der Waals surface area contributed by atoms with Gasteiger partial charge in [-0.15, -0.1) is 11.3 Å². The molecule has 1 saturated heterocycles. The fourth-order valence-electron chi connectivity index (χ4n) is 3.61. The molecular formula is C21H20N2O6S. The Bertz CT molecular complexity index is 1120. The number of amides is 1. The van der Waals surface area contributed by atoms with Crippen LogP contribution in [0, 0.1) is 10.1 Å². The maximum absolute atomic E-state index is 13.4. The molecule has 8 nitrogen and oxygen atoms in total. The highest BCUT2D eigenvalue weighted by Gasteiger charge is 2.30. The molecule has 0 atom stereocenters. The molecule has 1 aliphatic heterocycles. The van der Waals surface area contributed by atoms with Crippen LogP contribution in [0.25, 0.3) is 21.2 Å². The van der Waals surface area contributed by atoms with Crippen LogP contribution in [0.5, 0.6) is 11.5 Å². The van der Waals surface area contributed by atoms with Crippen molar-refractivity contribution < 1.29 is 23.9 Å². The molecule has 0 bridgehead atoms. The number of carbonyl (C=O) groups is 1. The van der Waals surface area contributed by atoms with Crippen LogP contribution < -0.4 is 9.47 Å². The van der Waals surface area contributed by atoms with Crippen LogP contribution in [0.4, 0.5) is 5.69 Å². The smallest absolute Gasteiger partial charge is 0.282 e. The van der Waals surface area contributed by atoms with Crippen molar-refractivity contribution in [3.63, 3.8) is 0 Å². The molecule has 0 aliphatic carbocycles. The number of rotatable bonds is 5. The summed E-state index contributed by atoms with van der Waals surface area (Å²) in [6.07, 6.45) is 0. The van der Waals surface area contributed by atoms with Crippen molar-refractivity contribution in [1.29, 1.82) is 0 Å². The number of methoxy groups -OCH3 is 2. The van der Waals surface area contributed by atoms with Gasteiger partial charge in [0.1, 0.15) is 5.56 Å². The Morgan fingerprint density at radius 2 is 1.87 bits per heavy atom. The highest BCUT2D eigenvalue weighted by atomic mass is 32.1. The van der Waals surface area contributed by atoms with E-state index in [0.29, 0.717) is 43.2 Å². The normalized spacial score (nSPS) is 14.0. The highest BCUT2D eigenvalue weighted by molar-refractivity contribution is 7.15. The number of hydrogen-bond acceptors (Lipinski definition) is 7. The van der Waals surface area contributed by atoms with Gasteiger partial charge in [0.15, 0.2) is 11.5 Å². The van der Waals surface area contributed by atoms with E-state index >= 15 is 0 Å². The molecule has 0 unspecified atom stereocenters. The molecule has 2 aromatic carbocycles. The van der Waals surface area contributed by atoms with E-state index < -0.39 is 4.92 Å².